The molecule has 3 N–H and O–H groups in total. The fraction of sp³-hybridized carbons (Fsp3) is 0.962. The molecule has 164 valence electrons. The van der Waals surface area contributed by atoms with Gasteiger partial charge in [0.15, 0.2) is 0 Å². The molecule has 5 saturated carbocycles. The van der Waals surface area contributed by atoms with Crippen LogP contribution in [0.3, 0.4) is 0 Å². The number of rotatable bonds is 1. The minimum absolute atomic E-state index is 0.306. The fourth-order valence-electron chi connectivity index (χ4n) is 10.6. The van der Waals surface area contributed by atoms with E-state index in [2.05, 4.69) is 27.7 Å². The molecular weight excluding hydrogens is 358 g/mol. The Bertz CT molecular complexity index is 707. The van der Waals surface area contributed by atoms with E-state index in [-0.39, 0.29) is 0 Å². The van der Waals surface area contributed by atoms with Crippen LogP contribution in [0.2, 0.25) is 0 Å². The normalized spacial score (nSPS) is 59.2. The molecule has 0 amide bonds. The maximum absolute atomic E-state index is 12.4. The largest absolute Gasteiger partial charge is 0.481 e. The summed E-state index contributed by atoms with van der Waals surface area (Å²) < 4.78 is 0. The first-order chi connectivity index (χ1) is 13.6. The average molecular weight is 402 g/mol. The Balaban J connectivity index is 1.52. The third kappa shape index (κ3) is 2.32. The number of hydrogen-bond acceptors (Lipinski definition) is 2. The highest BCUT2D eigenvalue weighted by Gasteiger charge is 2.69. The van der Waals surface area contributed by atoms with E-state index in [0.29, 0.717) is 40.0 Å². The minimum atomic E-state index is -0.486. The Labute approximate surface area is 177 Å². The maximum atomic E-state index is 12.4. The van der Waals surface area contributed by atoms with Gasteiger partial charge in [0.25, 0.3) is 0 Å². The van der Waals surface area contributed by atoms with Gasteiger partial charge in [0.2, 0.25) is 0 Å². The molecule has 0 aromatic rings. The Morgan fingerprint density at radius 1 is 0.828 bits per heavy atom. The standard InChI is InChI=1S/C26H43NO2/c1-16-17-9-13-25(4)21(23(17,2)12-10-20(16)27)8-7-18-19-6-5-11-26(19,22(28)29)15-14-24(18,25)3/h16-21H,5-15,27H2,1-4H3,(H,28,29)/t16?,17?,18?,19-,20?,21?,23?,24-,25?,26?/m1/s1. The quantitative estimate of drug-likeness (QED) is 0.578. The van der Waals surface area contributed by atoms with E-state index in [9.17, 15) is 9.90 Å². The lowest BCUT2D eigenvalue weighted by Gasteiger charge is -2.71. The van der Waals surface area contributed by atoms with Crippen molar-refractivity contribution in [2.75, 3.05) is 0 Å². The summed E-state index contributed by atoms with van der Waals surface area (Å²) in [6, 6.07) is 0.383. The van der Waals surface area contributed by atoms with Gasteiger partial charge in [-0.05, 0) is 110 Å². The van der Waals surface area contributed by atoms with Crippen molar-refractivity contribution in [3.63, 3.8) is 0 Å². The molecule has 0 heterocycles. The molecular formula is C26H43NO2. The van der Waals surface area contributed by atoms with Crippen molar-refractivity contribution in [1.82, 2.24) is 0 Å². The fourth-order valence-corrected chi connectivity index (χ4v) is 10.6. The van der Waals surface area contributed by atoms with E-state index in [4.69, 9.17) is 5.73 Å². The van der Waals surface area contributed by atoms with Crippen LogP contribution >= 0.6 is 0 Å². The topological polar surface area (TPSA) is 63.3 Å². The van der Waals surface area contributed by atoms with E-state index in [1.165, 1.54) is 38.5 Å². The van der Waals surface area contributed by atoms with Crippen molar-refractivity contribution in [3.05, 3.63) is 0 Å². The number of carboxylic acid groups (broad SMARTS) is 1. The van der Waals surface area contributed by atoms with Crippen molar-refractivity contribution in [1.29, 1.82) is 0 Å². The zero-order chi connectivity index (χ0) is 20.8. The second kappa shape index (κ2) is 6.24. The lowest BCUT2D eigenvalue weighted by molar-refractivity contribution is -0.228. The lowest BCUT2D eigenvalue weighted by Crippen LogP contribution is -2.65. The van der Waals surface area contributed by atoms with Crippen LogP contribution in [-0.4, -0.2) is 17.1 Å². The van der Waals surface area contributed by atoms with Gasteiger partial charge in [0.05, 0.1) is 5.41 Å². The molecule has 29 heavy (non-hydrogen) atoms. The third-order valence-electron chi connectivity index (χ3n) is 12.5. The van der Waals surface area contributed by atoms with E-state index in [0.717, 1.165) is 43.9 Å². The van der Waals surface area contributed by atoms with Gasteiger partial charge in [-0.25, -0.2) is 0 Å². The minimum Gasteiger partial charge on any atom is -0.481 e. The number of aliphatic carboxylic acids is 1. The van der Waals surface area contributed by atoms with E-state index in [1.807, 2.05) is 0 Å². The second-order valence-electron chi connectivity index (χ2n) is 12.7. The van der Waals surface area contributed by atoms with E-state index in [1.54, 1.807) is 0 Å². The summed E-state index contributed by atoms with van der Waals surface area (Å²) in [5.74, 6) is 2.74. The van der Waals surface area contributed by atoms with Gasteiger partial charge in [0, 0.05) is 6.04 Å². The van der Waals surface area contributed by atoms with Crippen molar-refractivity contribution in [3.8, 4) is 0 Å². The highest BCUT2D eigenvalue weighted by atomic mass is 16.4. The number of carboxylic acids is 1. The molecule has 5 aliphatic rings. The Morgan fingerprint density at radius 3 is 2.31 bits per heavy atom. The Hall–Kier alpha value is -0.570. The van der Waals surface area contributed by atoms with E-state index < -0.39 is 11.4 Å². The van der Waals surface area contributed by atoms with Crippen molar-refractivity contribution in [2.45, 2.75) is 104 Å². The van der Waals surface area contributed by atoms with Crippen LogP contribution in [0, 0.1) is 51.2 Å². The summed E-state index contributed by atoms with van der Waals surface area (Å²) in [5.41, 5.74) is 7.21. The van der Waals surface area contributed by atoms with Gasteiger partial charge >= 0.3 is 5.97 Å². The summed E-state index contributed by atoms with van der Waals surface area (Å²) in [6.45, 7) is 10.3. The van der Waals surface area contributed by atoms with Gasteiger partial charge in [-0.3, -0.25) is 4.79 Å². The van der Waals surface area contributed by atoms with Gasteiger partial charge in [-0.2, -0.15) is 0 Å². The summed E-state index contributed by atoms with van der Waals surface area (Å²) in [4.78, 5) is 12.4. The molecule has 0 bridgehead atoms. The van der Waals surface area contributed by atoms with E-state index >= 15 is 0 Å². The summed E-state index contributed by atoms with van der Waals surface area (Å²) in [5, 5.41) is 10.2. The molecule has 3 heteroatoms. The highest BCUT2D eigenvalue weighted by molar-refractivity contribution is 5.76. The molecule has 10 atom stereocenters. The Morgan fingerprint density at radius 2 is 1.59 bits per heavy atom. The molecule has 5 fully saturated rings. The van der Waals surface area contributed by atoms with Crippen LogP contribution in [0.1, 0.15) is 98.3 Å². The molecule has 3 nitrogen and oxygen atoms in total. The molecule has 0 aromatic heterocycles. The predicted molar refractivity (Wildman–Crippen MR) is 116 cm³/mol. The Kier molecular flexibility index (Phi) is 4.37. The SMILES string of the molecule is CC1C(N)CCC2(C)C1CCC1(C)C2CCC2[C@H]3CCCC3(C(=O)O)CC[C@]21C. The highest BCUT2D eigenvalue weighted by Crippen LogP contribution is 2.75. The number of nitrogens with two attached hydrogens (primary N) is 1. The van der Waals surface area contributed by atoms with Crippen LogP contribution in [0.4, 0.5) is 0 Å². The summed E-state index contributed by atoms with van der Waals surface area (Å²) in [7, 11) is 0. The lowest BCUT2D eigenvalue weighted by atomic mass is 9.33. The summed E-state index contributed by atoms with van der Waals surface area (Å²) in [6.07, 6.45) is 13.0. The second-order valence-corrected chi connectivity index (χ2v) is 12.7. The number of fused-ring (bicyclic) bond motifs is 7. The maximum Gasteiger partial charge on any atom is 0.309 e. The molecule has 8 unspecified atom stereocenters. The van der Waals surface area contributed by atoms with Crippen LogP contribution in [0.5, 0.6) is 0 Å². The molecule has 0 aliphatic heterocycles. The smallest absolute Gasteiger partial charge is 0.309 e. The van der Waals surface area contributed by atoms with Crippen LogP contribution in [0.15, 0.2) is 0 Å². The summed E-state index contributed by atoms with van der Waals surface area (Å²) >= 11 is 0. The van der Waals surface area contributed by atoms with Crippen LogP contribution in [-0.2, 0) is 4.79 Å². The zero-order valence-electron chi connectivity index (χ0n) is 19.2. The molecule has 0 radical (unpaired) electrons. The molecule has 5 rings (SSSR count). The third-order valence-corrected chi connectivity index (χ3v) is 12.5. The van der Waals surface area contributed by atoms with Crippen molar-refractivity contribution >= 4 is 5.97 Å². The number of hydrogen-bond donors (Lipinski definition) is 2. The first kappa shape index (κ1) is 20.3. The molecule has 5 aliphatic carbocycles. The predicted octanol–water partition coefficient (Wildman–Crippen LogP) is 5.86. The van der Waals surface area contributed by atoms with Crippen molar-refractivity contribution < 1.29 is 9.90 Å². The van der Waals surface area contributed by atoms with Crippen molar-refractivity contribution in [2.24, 2.45) is 57.0 Å². The van der Waals surface area contributed by atoms with Gasteiger partial charge < -0.3 is 10.8 Å². The van der Waals surface area contributed by atoms with Crippen LogP contribution in [0.25, 0.3) is 0 Å². The monoisotopic (exact) mass is 401 g/mol. The first-order valence-corrected chi connectivity index (χ1v) is 12.6. The van der Waals surface area contributed by atoms with Gasteiger partial charge in [0.1, 0.15) is 0 Å². The molecule has 0 spiro atoms. The molecule has 0 aromatic carbocycles. The van der Waals surface area contributed by atoms with Crippen LogP contribution < -0.4 is 5.73 Å². The number of carbonyl (C=O) groups is 1. The van der Waals surface area contributed by atoms with Gasteiger partial charge in [-0.15, -0.1) is 0 Å². The zero-order valence-corrected chi connectivity index (χ0v) is 19.2. The van der Waals surface area contributed by atoms with Gasteiger partial charge in [-0.1, -0.05) is 34.1 Å². The molecule has 0 saturated heterocycles. The first-order valence-electron chi connectivity index (χ1n) is 12.6. The average Bonchev–Trinajstić information content (AvgIpc) is 3.11.